The number of hydrogen-bond donors (Lipinski definition) is 2. The van der Waals surface area contributed by atoms with Crippen LogP contribution in [0.3, 0.4) is 0 Å². The van der Waals surface area contributed by atoms with Gasteiger partial charge in [-0.3, -0.25) is 9.59 Å². The van der Waals surface area contributed by atoms with Crippen molar-refractivity contribution in [1.82, 2.24) is 4.98 Å². The maximum Gasteiger partial charge on any atom is 0.422 e. The van der Waals surface area contributed by atoms with Crippen molar-refractivity contribution in [3.8, 4) is 5.88 Å². The number of ether oxygens (including phenoxy) is 1. The number of rotatable bonds is 6. The first-order valence-electron chi connectivity index (χ1n) is 8.02. The van der Waals surface area contributed by atoms with E-state index in [2.05, 4.69) is 20.4 Å². The van der Waals surface area contributed by atoms with E-state index in [-0.39, 0.29) is 23.3 Å². The van der Waals surface area contributed by atoms with Crippen LogP contribution in [-0.2, 0) is 4.79 Å². The van der Waals surface area contributed by atoms with Gasteiger partial charge >= 0.3 is 6.18 Å². The number of pyridine rings is 1. The van der Waals surface area contributed by atoms with E-state index in [0.717, 1.165) is 6.20 Å². The molecule has 0 atom stereocenters. The quantitative estimate of drug-likeness (QED) is 0.796. The van der Waals surface area contributed by atoms with E-state index in [1.807, 2.05) is 0 Å². The molecule has 2 rings (SSSR count). The van der Waals surface area contributed by atoms with Gasteiger partial charge in [-0.25, -0.2) is 4.98 Å². The second-order valence-electron chi connectivity index (χ2n) is 5.96. The third-order valence-electron chi connectivity index (χ3n) is 3.32. The lowest BCUT2D eigenvalue weighted by molar-refractivity contribution is -0.154. The van der Waals surface area contributed by atoms with Crippen LogP contribution in [-0.4, -0.2) is 29.6 Å². The van der Waals surface area contributed by atoms with Gasteiger partial charge in [-0.15, -0.1) is 0 Å². The summed E-state index contributed by atoms with van der Waals surface area (Å²) >= 11 is 0. The fourth-order valence-electron chi connectivity index (χ4n) is 1.88. The van der Waals surface area contributed by atoms with E-state index in [1.165, 1.54) is 12.1 Å². The molecule has 2 N–H and O–H groups in total. The van der Waals surface area contributed by atoms with Crippen molar-refractivity contribution in [2.45, 2.75) is 20.0 Å². The highest BCUT2D eigenvalue weighted by atomic mass is 19.4. The lowest BCUT2D eigenvalue weighted by Gasteiger charge is -2.10. The molecule has 27 heavy (non-hydrogen) atoms. The fourth-order valence-corrected chi connectivity index (χ4v) is 1.88. The Morgan fingerprint density at radius 1 is 1.04 bits per heavy atom. The Kier molecular flexibility index (Phi) is 6.38. The molecular weight excluding hydrogens is 363 g/mol. The summed E-state index contributed by atoms with van der Waals surface area (Å²) in [5.74, 6) is -0.983. The lowest BCUT2D eigenvalue weighted by Crippen LogP contribution is -2.19. The maximum absolute atomic E-state index is 12.2. The summed E-state index contributed by atoms with van der Waals surface area (Å²) in [5, 5.41) is 5.35. The first-order chi connectivity index (χ1) is 12.6. The van der Waals surface area contributed by atoms with E-state index in [1.54, 1.807) is 38.1 Å². The third-order valence-corrected chi connectivity index (χ3v) is 3.32. The van der Waals surface area contributed by atoms with Crippen LogP contribution in [0, 0.1) is 5.92 Å². The Morgan fingerprint density at radius 2 is 1.63 bits per heavy atom. The number of amides is 2. The molecule has 0 radical (unpaired) electrons. The van der Waals surface area contributed by atoms with Gasteiger partial charge in [0.05, 0.1) is 5.56 Å². The molecule has 2 aromatic rings. The third kappa shape index (κ3) is 6.61. The van der Waals surface area contributed by atoms with Crippen molar-refractivity contribution in [3.63, 3.8) is 0 Å². The second kappa shape index (κ2) is 8.52. The number of alkyl halides is 3. The van der Waals surface area contributed by atoms with Crippen molar-refractivity contribution < 1.29 is 27.5 Å². The minimum atomic E-state index is -4.46. The SMILES string of the molecule is CC(C)C(=O)Nc1ccc(NC(=O)c2ccc(OCC(F)(F)F)nc2)cc1. The normalized spacial score (nSPS) is 11.2. The van der Waals surface area contributed by atoms with E-state index in [9.17, 15) is 22.8 Å². The zero-order valence-electron chi connectivity index (χ0n) is 14.6. The van der Waals surface area contributed by atoms with Gasteiger partial charge in [-0.2, -0.15) is 13.2 Å². The van der Waals surface area contributed by atoms with Gasteiger partial charge in [0.2, 0.25) is 11.8 Å². The number of carbonyl (C=O) groups is 2. The summed E-state index contributed by atoms with van der Waals surface area (Å²) in [7, 11) is 0. The van der Waals surface area contributed by atoms with Crippen LogP contribution < -0.4 is 15.4 Å². The number of carbonyl (C=O) groups excluding carboxylic acids is 2. The molecule has 0 aliphatic rings. The van der Waals surface area contributed by atoms with Gasteiger partial charge in [-0.1, -0.05) is 13.8 Å². The van der Waals surface area contributed by atoms with Crippen LogP contribution in [0.2, 0.25) is 0 Å². The minimum Gasteiger partial charge on any atom is -0.468 e. The Bertz CT molecular complexity index is 788. The second-order valence-corrected chi connectivity index (χ2v) is 5.96. The average molecular weight is 381 g/mol. The van der Waals surface area contributed by atoms with Crippen LogP contribution in [0.1, 0.15) is 24.2 Å². The van der Waals surface area contributed by atoms with Gasteiger partial charge in [0, 0.05) is 29.6 Å². The summed E-state index contributed by atoms with van der Waals surface area (Å²) in [6, 6.07) is 9.01. The van der Waals surface area contributed by atoms with Gasteiger partial charge in [-0.05, 0) is 30.3 Å². The highest BCUT2D eigenvalue weighted by molar-refractivity contribution is 6.04. The standard InChI is InChI=1S/C18H18F3N3O3/c1-11(2)16(25)23-13-4-6-14(7-5-13)24-17(26)12-3-8-15(22-9-12)27-10-18(19,20)21/h3-9,11H,10H2,1-2H3,(H,23,25)(H,24,26). The van der Waals surface area contributed by atoms with Gasteiger partial charge in [0.25, 0.3) is 5.91 Å². The number of nitrogens with zero attached hydrogens (tertiary/aromatic N) is 1. The van der Waals surface area contributed by atoms with E-state index in [4.69, 9.17) is 0 Å². The number of anilines is 2. The monoisotopic (exact) mass is 381 g/mol. The van der Waals surface area contributed by atoms with E-state index >= 15 is 0 Å². The molecule has 0 saturated heterocycles. The summed E-state index contributed by atoms with van der Waals surface area (Å²) in [6.07, 6.45) is -3.34. The molecular formula is C18H18F3N3O3. The smallest absolute Gasteiger partial charge is 0.422 e. The molecule has 6 nitrogen and oxygen atoms in total. The van der Waals surface area contributed by atoms with Crippen molar-refractivity contribution in [3.05, 3.63) is 48.2 Å². The van der Waals surface area contributed by atoms with Crippen molar-refractivity contribution >= 4 is 23.2 Å². The molecule has 0 spiro atoms. The molecule has 2 amide bonds. The van der Waals surface area contributed by atoms with Crippen LogP contribution >= 0.6 is 0 Å². The van der Waals surface area contributed by atoms with Crippen LogP contribution in [0.25, 0.3) is 0 Å². The number of aromatic nitrogens is 1. The van der Waals surface area contributed by atoms with E-state index in [0.29, 0.717) is 11.4 Å². The van der Waals surface area contributed by atoms with Gasteiger partial charge < -0.3 is 15.4 Å². The summed E-state index contributed by atoms with van der Waals surface area (Å²) in [6.45, 7) is 2.10. The Balaban J connectivity index is 1.93. The zero-order valence-corrected chi connectivity index (χ0v) is 14.6. The molecule has 0 bridgehead atoms. The zero-order chi connectivity index (χ0) is 20.0. The topological polar surface area (TPSA) is 80.3 Å². The Hall–Kier alpha value is -3.10. The molecule has 0 fully saturated rings. The fraction of sp³-hybridized carbons (Fsp3) is 0.278. The van der Waals surface area contributed by atoms with Crippen molar-refractivity contribution in [2.24, 2.45) is 5.92 Å². The van der Waals surface area contributed by atoms with Crippen molar-refractivity contribution in [1.29, 1.82) is 0 Å². The highest BCUT2D eigenvalue weighted by Gasteiger charge is 2.28. The predicted molar refractivity (Wildman–Crippen MR) is 93.6 cm³/mol. The number of nitrogens with one attached hydrogen (secondary N) is 2. The number of halogens is 3. The summed E-state index contributed by atoms with van der Waals surface area (Å²) in [5.41, 5.74) is 1.24. The number of hydrogen-bond acceptors (Lipinski definition) is 4. The van der Waals surface area contributed by atoms with Crippen LogP contribution in [0.4, 0.5) is 24.5 Å². The van der Waals surface area contributed by atoms with Crippen LogP contribution in [0.5, 0.6) is 5.88 Å². The molecule has 1 aromatic carbocycles. The molecule has 0 unspecified atom stereocenters. The minimum absolute atomic E-state index is 0.120. The molecule has 1 heterocycles. The average Bonchev–Trinajstić information content (AvgIpc) is 2.61. The largest absolute Gasteiger partial charge is 0.468 e. The first-order valence-corrected chi connectivity index (χ1v) is 8.02. The Morgan fingerprint density at radius 3 is 2.11 bits per heavy atom. The van der Waals surface area contributed by atoms with Crippen LogP contribution in [0.15, 0.2) is 42.6 Å². The van der Waals surface area contributed by atoms with Gasteiger partial charge in [0.1, 0.15) is 0 Å². The molecule has 0 aliphatic heterocycles. The molecule has 1 aromatic heterocycles. The first kappa shape index (κ1) is 20.2. The molecule has 144 valence electrons. The summed E-state index contributed by atoms with van der Waals surface area (Å²) < 4.78 is 40.7. The molecule has 0 aliphatic carbocycles. The molecule has 9 heteroatoms. The van der Waals surface area contributed by atoms with Crippen molar-refractivity contribution in [2.75, 3.05) is 17.2 Å². The van der Waals surface area contributed by atoms with E-state index < -0.39 is 18.7 Å². The van der Waals surface area contributed by atoms with Gasteiger partial charge in [0.15, 0.2) is 6.61 Å². The Labute approximate surface area is 153 Å². The summed E-state index contributed by atoms with van der Waals surface area (Å²) in [4.78, 5) is 27.5. The number of benzene rings is 1. The molecule has 0 saturated carbocycles. The predicted octanol–water partition coefficient (Wildman–Crippen LogP) is 3.87. The highest BCUT2D eigenvalue weighted by Crippen LogP contribution is 2.18. The maximum atomic E-state index is 12.2. The lowest BCUT2D eigenvalue weighted by atomic mass is 10.2.